The number of ether oxygens (including phenoxy) is 1. The van der Waals surface area contributed by atoms with E-state index < -0.39 is 12.1 Å². The summed E-state index contributed by atoms with van der Waals surface area (Å²) in [6.45, 7) is 2.01. The molecule has 0 saturated carbocycles. The number of furan rings is 1. The predicted octanol–water partition coefficient (Wildman–Crippen LogP) is 3.09. The van der Waals surface area contributed by atoms with E-state index in [1.807, 2.05) is 0 Å². The molecular formula is C17H15NO4. The van der Waals surface area contributed by atoms with E-state index in [0.29, 0.717) is 22.1 Å². The molecule has 3 aromatic rings. The normalized spacial score (nSPS) is 12.3. The van der Waals surface area contributed by atoms with E-state index in [0.717, 1.165) is 0 Å². The molecule has 0 fully saturated rings. The van der Waals surface area contributed by atoms with Gasteiger partial charge < -0.3 is 14.3 Å². The van der Waals surface area contributed by atoms with Crippen LogP contribution in [0.3, 0.4) is 0 Å². The average molecular weight is 297 g/mol. The highest BCUT2D eigenvalue weighted by molar-refractivity contribution is 5.94. The van der Waals surface area contributed by atoms with Crippen LogP contribution in [0.25, 0.3) is 11.0 Å². The first-order valence-electron chi connectivity index (χ1n) is 6.98. The number of pyridine rings is 1. The molecule has 0 radical (unpaired) electrons. The van der Waals surface area contributed by atoms with Crippen LogP contribution in [0, 0.1) is 0 Å². The highest BCUT2D eigenvalue weighted by Crippen LogP contribution is 2.30. The molecule has 0 saturated heterocycles. The smallest absolute Gasteiger partial charge is 0.374 e. The third-order valence-corrected chi connectivity index (χ3v) is 3.37. The standard InChI is InChI=1S/C17H15NO4/c1-2-21-17(20)15-9-13-12(6-3-7-14(13)22-15)16(19)11-5-4-8-18-10-11/h3-10,16,19H,2H2,1H3. The number of carbonyl (C=O) groups is 1. The van der Waals surface area contributed by atoms with Crippen LogP contribution < -0.4 is 0 Å². The number of aliphatic hydroxyl groups is 1. The first kappa shape index (κ1) is 14.3. The Kier molecular flexibility index (Phi) is 3.89. The first-order valence-corrected chi connectivity index (χ1v) is 6.98. The Morgan fingerprint density at radius 3 is 2.95 bits per heavy atom. The molecule has 2 aromatic heterocycles. The minimum Gasteiger partial charge on any atom is -0.460 e. The minimum atomic E-state index is -0.843. The summed E-state index contributed by atoms with van der Waals surface area (Å²) in [5, 5.41) is 11.2. The first-order chi connectivity index (χ1) is 10.7. The van der Waals surface area contributed by atoms with Gasteiger partial charge in [-0.3, -0.25) is 4.98 Å². The molecule has 0 amide bonds. The summed E-state index contributed by atoms with van der Waals surface area (Å²) in [4.78, 5) is 15.8. The Labute approximate surface area is 127 Å². The number of aromatic nitrogens is 1. The second-order valence-electron chi connectivity index (χ2n) is 4.78. The van der Waals surface area contributed by atoms with Crippen molar-refractivity contribution in [2.24, 2.45) is 0 Å². The molecule has 5 nitrogen and oxygen atoms in total. The Morgan fingerprint density at radius 2 is 2.23 bits per heavy atom. The molecule has 1 N–H and O–H groups in total. The van der Waals surface area contributed by atoms with Crippen LogP contribution in [-0.2, 0) is 4.74 Å². The number of carbonyl (C=O) groups excluding carboxylic acids is 1. The zero-order chi connectivity index (χ0) is 15.5. The fraction of sp³-hybridized carbons (Fsp3) is 0.176. The second-order valence-corrected chi connectivity index (χ2v) is 4.78. The Morgan fingerprint density at radius 1 is 1.36 bits per heavy atom. The molecule has 0 aliphatic rings. The van der Waals surface area contributed by atoms with Crippen molar-refractivity contribution in [3.8, 4) is 0 Å². The van der Waals surface area contributed by atoms with E-state index in [1.54, 1.807) is 55.7 Å². The fourth-order valence-electron chi connectivity index (χ4n) is 2.34. The zero-order valence-electron chi connectivity index (χ0n) is 12.0. The average Bonchev–Trinajstić information content (AvgIpc) is 2.99. The van der Waals surface area contributed by atoms with Crippen molar-refractivity contribution in [1.82, 2.24) is 4.98 Å². The minimum absolute atomic E-state index is 0.127. The zero-order valence-corrected chi connectivity index (χ0v) is 12.0. The molecule has 0 aliphatic heterocycles. The Bertz CT molecular complexity index is 795. The van der Waals surface area contributed by atoms with Crippen molar-refractivity contribution in [3.05, 3.63) is 65.7 Å². The number of rotatable bonds is 4. The Balaban J connectivity index is 2.05. The van der Waals surface area contributed by atoms with Gasteiger partial charge in [-0.25, -0.2) is 4.79 Å². The summed E-state index contributed by atoms with van der Waals surface area (Å²) in [6.07, 6.45) is 2.41. The highest BCUT2D eigenvalue weighted by Gasteiger charge is 2.19. The lowest BCUT2D eigenvalue weighted by Crippen LogP contribution is -2.02. The van der Waals surface area contributed by atoms with Crippen molar-refractivity contribution in [3.63, 3.8) is 0 Å². The molecule has 3 rings (SSSR count). The van der Waals surface area contributed by atoms with E-state index >= 15 is 0 Å². The van der Waals surface area contributed by atoms with Gasteiger partial charge in [0.15, 0.2) is 0 Å². The second kappa shape index (κ2) is 5.99. The molecular weight excluding hydrogens is 282 g/mol. The molecule has 0 spiro atoms. The maximum Gasteiger partial charge on any atom is 0.374 e. The van der Waals surface area contributed by atoms with Crippen LogP contribution in [0.15, 0.2) is 53.2 Å². The molecule has 1 atom stereocenters. The van der Waals surface area contributed by atoms with E-state index in [1.165, 1.54) is 0 Å². The number of hydrogen-bond acceptors (Lipinski definition) is 5. The summed E-state index contributed by atoms with van der Waals surface area (Å²) in [6, 6.07) is 10.5. The van der Waals surface area contributed by atoms with Gasteiger partial charge >= 0.3 is 5.97 Å². The van der Waals surface area contributed by atoms with Crippen LogP contribution in [0.1, 0.15) is 34.7 Å². The Hall–Kier alpha value is -2.66. The molecule has 22 heavy (non-hydrogen) atoms. The van der Waals surface area contributed by atoms with Crippen molar-refractivity contribution in [2.75, 3.05) is 6.61 Å². The number of aliphatic hydroxyl groups excluding tert-OH is 1. The molecule has 1 aromatic carbocycles. The van der Waals surface area contributed by atoms with Gasteiger partial charge in [0.25, 0.3) is 0 Å². The monoisotopic (exact) mass is 297 g/mol. The molecule has 0 aliphatic carbocycles. The van der Waals surface area contributed by atoms with Crippen LogP contribution >= 0.6 is 0 Å². The van der Waals surface area contributed by atoms with Crippen molar-refractivity contribution in [1.29, 1.82) is 0 Å². The molecule has 2 heterocycles. The lowest BCUT2D eigenvalue weighted by Gasteiger charge is -2.11. The van der Waals surface area contributed by atoms with Gasteiger partial charge in [0, 0.05) is 23.3 Å². The lowest BCUT2D eigenvalue weighted by molar-refractivity contribution is 0.0492. The summed E-state index contributed by atoms with van der Waals surface area (Å²) >= 11 is 0. The van der Waals surface area contributed by atoms with Gasteiger partial charge in [-0.2, -0.15) is 0 Å². The maximum atomic E-state index is 11.8. The third kappa shape index (κ3) is 2.58. The maximum absolute atomic E-state index is 11.8. The quantitative estimate of drug-likeness (QED) is 0.749. The molecule has 1 unspecified atom stereocenters. The van der Waals surface area contributed by atoms with Crippen molar-refractivity contribution < 1.29 is 19.1 Å². The van der Waals surface area contributed by atoms with E-state index in [2.05, 4.69) is 4.98 Å². The van der Waals surface area contributed by atoms with Gasteiger partial charge in [0.1, 0.15) is 11.7 Å². The lowest BCUT2D eigenvalue weighted by atomic mass is 10.00. The van der Waals surface area contributed by atoms with Crippen LogP contribution in [0.5, 0.6) is 0 Å². The fourth-order valence-corrected chi connectivity index (χ4v) is 2.34. The van der Waals surface area contributed by atoms with Gasteiger partial charge in [-0.1, -0.05) is 18.2 Å². The van der Waals surface area contributed by atoms with Crippen LogP contribution in [-0.4, -0.2) is 22.7 Å². The van der Waals surface area contributed by atoms with Crippen molar-refractivity contribution in [2.45, 2.75) is 13.0 Å². The summed E-state index contributed by atoms with van der Waals surface area (Å²) in [5.41, 5.74) is 1.86. The van der Waals surface area contributed by atoms with E-state index in [9.17, 15) is 9.90 Å². The number of nitrogens with zero attached hydrogens (tertiary/aromatic N) is 1. The number of hydrogen-bond donors (Lipinski definition) is 1. The number of benzene rings is 1. The van der Waals surface area contributed by atoms with Crippen LogP contribution in [0.2, 0.25) is 0 Å². The van der Waals surface area contributed by atoms with Gasteiger partial charge in [-0.05, 0) is 30.7 Å². The van der Waals surface area contributed by atoms with Gasteiger partial charge in [0.2, 0.25) is 5.76 Å². The van der Waals surface area contributed by atoms with E-state index in [-0.39, 0.29) is 12.4 Å². The van der Waals surface area contributed by atoms with Crippen molar-refractivity contribution >= 4 is 16.9 Å². The highest BCUT2D eigenvalue weighted by atomic mass is 16.5. The summed E-state index contributed by atoms with van der Waals surface area (Å²) in [5.74, 6) is -0.386. The molecule has 112 valence electrons. The van der Waals surface area contributed by atoms with E-state index in [4.69, 9.17) is 9.15 Å². The number of esters is 1. The number of fused-ring (bicyclic) bond motifs is 1. The summed E-state index contributed by atoms with van der Waals surface area (Å²) in [7, 11) is 0. The van der Waals surface area contributed by atoms with Crippen LogP contribution in [0.4, 0.5) is 0 Å². The van der Waals surface area contributed by atoms with Gasteiger partial charge in [0.05, 0.1) is 6.61 Å². The third-order valence-electron chi connectivity index (χ3n) is 3.37. The topological polar surface area (TPSA) is 72.6 Å². The largest absolute Gasteiger partial charge is 0.460 e. The predicted molar refractivity (Wildman–Crippen MR) is 80.5 cm³/mol. The SMILES string of the molecule is CCOC(=O)c1cc2c(C(O)c3cccnc3)cccc2o1. The molecule has 0 bridgehead atoms. The van der Waals surface area contributed by atoms with Gasteiger partial charge in [-0.15, -0.1) is 0 Å². The molecule has 5 heteroatoms. The summed E-state index contributed by atoms with van der Waals surface area (Å²) < 4.78 is 10.4.